The topological polar surface area (TPSA) is 30.9 Å². The third-order valence-corrected chi connectivity index (χ3v) is 4.60. The Balaban J connectivity index is 1.75. The first-order valence-electron chi connectivity index (χ1n) is 8.13. The summed E-state index contributed by atoms with van der Waals surface area (Å²) in [5.74, 6) is 1.04. The van der Waals surface area contributed by atoms with Gasteiger partial charge in [0.15, 0.2) is 5.96 Å². The van der Waals surface area contributed by atoms with Crippen LogP contribution in [0.3, 0.4) is 0 Å². The Bertz CT molecular complexity index is 511. The van der Waals surface area contributed by atoms with Crippen LogP contribution in [0.1, 0.15) is 25.3 Å². The molecule has 2 heterocycles. The number of aliphatic imine (C=N–C) groups is 1. The van der Waals surface area contributed by atoms with Gasteiger partial charge in [-0.3, -0.25) is 4.99 Å². The molecule has 0 saturated carbocycles. The van der Waals surface area contributed by atoms with E-state index in [1.807, 2.05) is 0 Å². The maximum absolute atomic E-state index is 4.92. The maximum atomic E-state index is 4.92. The summed E-state index contributed by atoms with van der Waals surface area (Å²) in [4.78, 5) is 9.69. The van der Waals surface area contributed by atoms with E-state index >= 15 is 0 Å². The number of nitrogens with zero attached hydrogens (tertiary/aromatic N) is 3. The molecule has 3 rings (SSSR count). The monoisotopic (exact) mass is 286 g/mol. The highest BCUT2D eigenvalue weighted by molar-refractivity contribution is 5.97. The van der Waals surface area contributed by atoms with Gasteiger partial charge in [0.25, 0.3) is 0 Å². The summed E-state index contributed by atoms with van der Waals surface area (Å²) in [7, 11) is 2.21. The van der Waals surface area contributed by atoms with Crippen molar-refractivity contribution in [3.05, 3.63) is 29.8 Å². The molecule has 2 aliphatic heterocycles. The van der Waals surface area contributed by atoms with Crippen molar-refractivity contribution >= 4 is 11.6 Å². The lowest BCUT2D eigenvalue weighted by molar-refractivity contribution is 0.317. The molecule has 1 fully saturated rings. The first-order valence-corrected chi connectivity index (χ1v) is 8.13. The number of likely N-dealkylation sites (N-methyl/N-ethyl adjacent to an activating group) is 1. The molecule has 1 aromatic carbocycles. The van der Waals surface area contributed by atoms with Crippen LogP contribution in [0, 0.1) is 0 Å². The third-order valence-electron chi connectivity index (χ3n) is 4.60. The van der Waals surface area contributed by atoms with E-state index in [1.165, 1.54) is 30.6 Å². The van der Waals surface area contributed by atoms with E-state index in [9.17, 15) is 0 Å². The molecular formula is C17H26N4. The second-order valence-corrected chi connectivity index (χ2v) is 6.00. The van der Waals surface area contributed by atoms with E-state index in [1.54, 1.807) is 0 Å². The van der Waals surface area contributed by atoms with Gasteiger partial charge in [-0.05, 0) is 51.4 Å². The van der Waals surface area contributed by atoms with Gasteiger partial charge in [0.1, 0.15) is 0 Å². The Morgan fingerprint density at radius 3 is 2.95 bits per heavy atom. The molecule has 1 unspecified atom stereocenters. The fraction of sp³-hybridized carbons (Fsp3) is 0.588. The lowest BCUT2D eigenvalue weighted by atomic mass is 10.2. The lowest BCUT2D eigenvalue weighted by Gasteiger charge is -2.24. The number of hydrogen-bond donors (Lipinski definition) is 1. The van der Waals surface area contributed by atoms with Crippen LogP contribution in [0.5, 0.6) is 0 Å². The average Bonchev–Trinajstić information content (AvgIpc) is 3.10. The normalized spacial score (nSPS) is 22.7. The van der Waals surface area contributed by atoms with Crippen LogP contribution in [-0.4, -0.2) is 50.1 Å². The predicted molar refractivity (Wildman–Crippen MR) is 89.1 cm³/mol. The first-order chi connectivity index (χ1) is 10.3. The van der Waals surface area contributed by atoms with Gasteiger partial charge in [0, 0.05) is 24.8 Å². The van der Waals surface area contributed by atoms with Crippen molar-refractivity contribution in [1.82, 2.24) is 10.2 Å². The van der Waals surface area contributed by atoms with E-state index < -0.39 is 0 Å². The first kappa shape index (κ1) is 14.4. The van der Waals surface area contributed by atoms with Gasteiger partial charge >= 0.3 is 0 Å². The number of likely N-dealkylation sites (tertiary alicyclic amines) is 1. The van der Waals surface area contributed by atoms with E-state index in [0.717, 1.165) is 32.0 Å². The average molecular weight is 286 g/mol. The van der Waals surface area contributed by atoms with Gasteiger partial charge in [-0.15, -0.1) is 0 Å². The van der Waals surface area contributed by atoms with Crippen molar-refractivity contribution in [3.8, 4) is 0 Å². The van der Waals surface area contributed by atoms with Crippen molar-refractivity contribution < 1.29 is 0 Å². The molecule has 0 radical (unpaired) electrons. The molecule has 1 aromatic rings. The molecule has 21 heavy (non-hydrogen) atoms. The standard InChI is InChI=1S/C17H26N4/c1-3-18-17(19-13-15-8-6-11-20(15)2)21-12-10-14-7-4-5-9-16(14)21/h4-5,7,9,15H,3,6,8,10-13H2,1-2H3,(H,18,19). The Morgan fingerprint density at radius 2 is 2.19 bits per heavy atom. The summed E-state index contributed by atoms with van der Waals surface area (Å²) in [6.07, 6.45) is 3.69. The SMILES string of the molecule is CCNC(=NCC1CCCN1C)N1CCc2ccccc21. The number of guanidine groups is 1. The summed E-state index contributed by atoms with van der Waals surface area (Å²) in [5, 5.41) is 3.46. The van der Waals surface area contributed by atoms with Gasteiger partial charge in [0.2, 0.25) is 0 Å². The molecular weight excluding hydrogens is 260 g/mol. The number of fused-ring (bicyclic) bond motifs is 1. The lowest BCUT2D eigenvalue weighted by Crippen LogP contribution is -2.41. The Labute approximate surface area is 127 Å². The van der Waals surface area contributed by atoms with Crippen molar-refractivity contribution in [2.75, 3.05) is 38.1 Å². The molecule has 1 atom stereocenters. The molecule has 0 aromatic heterocycles. The van der Waals surface area contributed by atoms with Crippen LogP contribution in [-0.2, 0) is 6.42 Å². The fourth-order valence-electron chi connectivity index (χ4n) is 3.35. The summed E-state index contributed by atoms with van der Waals surface area (Å²) in [5.41, 5.74) is 2.75. The zero-order valence-electron chi connectivity index (χ0n) is 13.2. The summed E-state index contributed by atoms with van der Waals surface area (Å²) >= 11 is 0. The van der Waals surface area contributed by atoms with Crippen molar-refractivity contribution in [2.24, 2.45) is 4.99 Å². The molecule has 114 valence electrons. The van der Waals surface area contributed by atoms with Crippen molar-refractivity contribution in [1.29, 1.82) is 0 Å². The van der Waals surface area contributed by atoms with Crippen LogP contribution in [0.2, 0.25) is 0 Å². The molecule has 0 spiro atoms. The third kappa shape index (κ3) is 3.05. The zero-order chi connectivity index (χ0) is 14.7. The number of para-hydroxylation sites is 1. The van der Waals surface area contributed by atoms with Crippen LogP contribution >= 0.6 is 0 Å². The minimum absolute atomic E-state index is 0.608. The van der Waals surface area contributed by atoms with Crippen LogP contribution < -0.4 is 10.2 Å². The van der Waals surface area contributed by atoms with Crippen molar-refractivity contribution in [3.63, 3.8) is 0 Å². The summed E-state index contributed by atoms with van der Waals surface area (Å²) < 4.78 is 0. The molecule has 1 N–H and O–H groups in total. The Hall–Kier alpha value is -1.55. The van der Waals surface area contributed by atoms with Gasteiger partial charge < -0.3 is 15.1 Å². The molecule has 4 nitrogen and oxygen atoms in total. The van der Waals surface area contributed by atoms with Gasteiger partial charge in [0.05, 0.1) is 6.54 Å². The van der Waals surface area contributed by atoms with E-state index in [2.05, 4.69) is 53.4 Å². The molecule has 0 amide bonds. The fourth-order valence-corrected chi connectivity index (χ4v) is 3.35. The summed E-state index contributed by atoms with van der Waals surface area (Å²) in [6, 6.07) is 9.28. The molecule has 4 heteroatoms. The Morgan fingerprint density at radius 1 is 1.33 bits per heavy atom. The molecule has 0 bridgehead atoms. The quantitative estimate of drug-likeness (QED) is 0.682. The summed E-state index contributed by atoms with van der Waals surface area (Å²) in [6.45, 7) is 6.20. The Kier molecular flexibility index (Phi) is 4.44. The second-order valence-electron chi connectivity index (χ2n) is 6.00. The predicted octanol–water partition coefficient (Wildman–Crippen LogP) is 2.11. The van der Waals surface area contributed by atoms with Crippen molar-refractivity contribution in [2.45, 2.75) is 32.2 Å². The minimum Gasteiger partial charge on any atom is -0.356 e. The van der Waals surface area contributed by atoms with Gasteiger partial charge in [-0.25, -0.2) is 0 Å². The van der Waals surface area contributed by atoms with E-state index in [0.29, 0.717) is 6.04 Å². The van der Waals surface area contributed by atoms with Crippen LogP contribution in [0.4, 0.5) is 5.69 Å². The maximum Gasteiger partial charge on any atom is 0.198 e. The highest BCUT2D eigenvalue weighted by Crippen LogP contribution is 2.27. The van der Waals surface area contributed by atoms with E-state index in [4.69, 9.17) is 4.99 Å². The molecule has 2 aliphatic rings. The van der Waals surface area contributed by atoms with Crippen LogP contribution in [0.25, 0.3) is 0 Å². The smallest absolute Gasteiger partial charge is 0.198 e. The highest BCUT2D eigenvalue weighted by Gasteiger charge is 2.24. The largest absolute Gasteiger partial charge is 0.356 e. The number of nitrogens with one attached hydrogen (secondary N) is 1. The highest BCUT2D eigenvalue weighted by atomic mass is 15.3. The number of anilines is 1. The minimum atomic E-state index is 0.608. The van der Waals surface area contributed by atoms with Crippen LogP contribution in [0.15, 0.2) is 29.3 Å². The van der Waals surface area contributed by atoms with Gasteiger partial charge in [-0.2, -0.15) is 0 Å². The van der Waals surface area contributed by atoms with E-state index in [-0.39, 0.29) is 0 Å². The van der Waals surface area contributed by atoms with Gasteiger partial charge in [-0.1, -0.05) is 18.2 Å². The number of hydrogen-bond acceptors (Lipinski definition) is 2. The number of rotatable bonds is 3. The molecule has 1 saturated heterocycles. The molecule has 0 aliphatic carbocycles. The zero-order valence-corrected chi connectivity index (χ0v) is 13.2. The number of benzene rings is 1. The second kappa shape index (κ2) is 6.48.